The number of carbonyl (C=O) groups excluding carboxylic acids is 1. The zero-order chi connectivity index (χ0) is 21.0. The summed E-state index contributed by atoms with van der Waals surface area (Å²) in [4.78, 5) is 15.9. The molecule has 1 atom stereocenters. The van der Waals surface area contributed by atoms with Gasteiger partial charge in [0.15, 0.2) is 0 Å². The van der Waals surface area contributed by atoms with Crippen molar-refractivity contribution in [2.75, 3.05) is 11.4 Å². The Kier molecular flexibility index (Phi) is 6.98. The molecule has 0 bridgehead atoms. The van der Waals surface area contributed by atoms with Gasteiger partial charge in [-0.05, 0) is 61.6 Å². The summed E-state index contributed by atoms with van der Waals surface area (Å²) in [7, 11) is 0. The van der Waals surface area contributed by atoms with Crippen molar-refractivity contribution >= 4 is 29.1 Å². The first-order chi connectivity index (χ1) is 14.0. The lowest BCUT2D eigenvalue weighted by Gasteiger charge is -2.24. The number of amides is 1. The molecule has 0 fully saturated rings. The van der Waals surface area contributed by atoms with Crippen LogP contribution in [0.3, 0.4) is 0 Å². The van der Waals surface area contributed by atoms with Gasteiger partial charge in [0.25, 0.3) is 5.91 Å². The molecule has 0 aliphatic carbocycles. The van der Waals surface area contributed by atoms with Gasteiger partial charge in [0.05, 0.1) is 11.3 Å². The zero-order valence-corrected chi connectivity index (χ0v) is 18.0. The van der Waals surface area contributed by atoms with E-state index in [1.807, 2.05) is 26.0 Å². The molecule has 1 unspecified atom stereocenters. The number of hydrogen-bond donors (Lipinski definition) is 2. The number of fused-ring (bicyclic) bond motifs is 1. The lowest BCUT2D eigenvalue weighted by atomic mass is 10.0. The summed E-state index contributed by atoms with van der Waals surface area (Å²) in [6.07, 6.45) is 2.79. The van der Waals surface area contributed by atoms with Gasteiger partial charge in [-0.25, -0.2) is 4.39 Å². The van der Waals surface area contributed by atoms with Crippen LogP contribution in [0.1, 0.15) is 55.1 Å². The predicted octanol–water partition coefficient (Wildman–Crippen LogP) is 5.10. The number of hydrogen-bond acceptors (Lipinski definition) is 4. The Hall–Kier alpha value is -2.31. The minimum Gasteiger partial charge on any atom is -0.360 e. The second-order valence-electron chi connectivity index (χ2n) is 6.85. The van der Waals surface area contributed by atoms with Crippen LogP contribution in [0, 0.1) is 5.82 Å². The number of halogens is 1. The maximum absolute atomic E-state index is 14.1. The van der Waals surface area contributed by atoms with Crippen LogP contribution in [0.25, 0.3) is 5.70 Å². The maximum atomic E-state index is 14.1. The highest BCUT2D eigenvalue weighted by molar-refractivity contribution is 8.04. The highest BCUT2D eigenvalue weighted by atomic mass is 32.2. The lowest BCUT2D eigenvalue weighted by Crippen LogP contribution is -2.32. The molecular formula is C23H28FN3OS. The SMILES string of the molecule is CC.CC1=C(c2ccc3c(c2)CCCCN3C(=O)c2ccccc2F)NC(N)S1. The monoisotopic (exact) mass is 413 g/mol. The highest BCUT2D eigenvalue weighted by Crippen LogP contribution is 2.36. The molecule has 0 saturated heterocycles. The third-order valence-electron chi connectivity index (χ3n) is 5.03. The van der Waals surface area contributed by atoms with Gasteiger partial charge in [0.1, 0.15) is 11.3 Å². The van der Waals surface area contributed by atoms with Crippen LogP contribution < -0.4 is 16.0 Å². The molecule has 0 spiro atoms. The molecule has 4 rings (SSSR count). The molecular weight excluding hydrogens is 385 g/mol. The molecule has 0 radical (unpaired) electrons. The van der Waals surface area contributed by atoms with Crippen LogP contribution in [0.2, 0.25) is 0 Å². The average molecular weight is 414 g/mol. The van der Waals surface area contributed by atoms with E-state index in [9.17, 15) is 9.18 Å². The van der Waals surface area contributed by atoms with E-state index in [4.69, 9.17) is 5.73 Å². The minimum atomic E-state index is -0.480. The van der Waals surface area contributed by atoms with Crippen LogP contribution in [-0.2, 0) is 6.42 Å². The fourth-order valence-electron chi connectivity index (χ4n) is 3.71. The number of allylic oxidation sites excluding steroid dienone is 1. The molecule has 0 saturated carbocycles. The number of rotatable bonds is 2. The van der Waals surface area contributed by atoms with Gasteiger partial charge in [-0.3, -0.25) is 4.79 Å². The third-order valence-corrected chi connectivity index (χ3v) is 5.96. The molecule has 4 nitrogen and oxygen atoms in total. The van der Waals surface area contributed by atoms with Crippen LogP contribution >= 0.6 is 11.8 Å². The molecule has 29 heavy (non-hydrogen) atoms. The number of nitrogens with one attached hydrogen (secondary N) is 1. The second kappa shape index (κ2) is 9.46. The maximum Gasteiger partial charge on any atom is 0.261 e. The molecule has 2 aliphatic heterocycles. The Morgan fingerprint density at radius 3 is 2.66 bits per heavy atom. The van der Waals surface area contributed by atoms with Gasteiger partial charge in [-0.2, -0.15) is 0 Å². The van der Waals surface area contributed by atoms with Gasteiger partial charge >= 0.3 is 0 Å². The van der Waals surface area contributed by atoms with Crippen LogP contribution in [0.4, 0.5) is 10.1 Å². The van der Waals surface area contributed by atoms with Crippen molar-refractivity contribution in [2.45, 2.75) is 45.5 Å². The molecule has 2 heterocycles. The predicted molar refractivity (Wildman–Crippen MR) is 120 cm³/mol. The second-order valence-corrected chi connectivity index (χ2v) is 8.21. The summed E-state index contributed by atoms with van der Waals surface area (Å²) in [6, 6.07) is 12.3. The van der Waals surface area contributed by atoms with Crippen molar-refractivity contribution in [1.82, 2.24) is 5.32 Å². The van der Waals surface area contributed by atoms with Gasteiger partial charge in [0, 0.05) is 17.1 Å². The van der Waals surface area contributed by atoms with E-state index < -0.39 is 5.82 Å². The van der Waals surface area contributed by atoms with Crippen LogP contribution in [0.5, 0.6) is 0 Å². The molecule has 2 aromatic rings. The smallest absolute Gasteiger partial charge is 0.261 e. The highest BCUT2D eigenvalue weighted by Gasteiger charge is 2.26. The quantitative estimate of drug-likeness (QED) is 0.719. The number of carbonyl (C=O) groups is 1. The molecule has 1 amide bonds. The lowest BCUT2D eigenvalue weighted by molar-refractivity contribution is 0.0983. The van der Waals surface area contributed by atoms with E-state index in [2.05, 4.69) is 18.3 Å². The number of thioether (sulfide) groups is 1. The fourth-order valence-corrected chi connectivity index (χ4v) is 4.56. The number of aryl methyl sites for hydroxylation is 1. The van der Waals surface area contributed by atoms with Crippen LogP contribution in [-0.4, -0.2) is 17.9 Å². The van der Waals surface area contributed by atoms with Gasteiger partial charge < -0.3 is 16.0 Å². The molecule has 0 aromatic heterocycles. The summed E-state index contributed by atoms with van der Waals surface area (Å²) in [5.74, 6) is -0.761. The summed E-state index contributed by atoms with van der Waals surface area (Å²) in [6.45, 7) is 6.65. The van der Waals surface area contributed by atoms with Gasteiger partial charge in [-0.15, -0.1) is 0 Å². The number of nitrogens with two attached hydrogens (primary N) is 1. The molecule has 3 N–H and O–H groups in total. The van der Waals surface area contributed by atoms with Crippen molar-refractivity contribution in [3.8, 4) is 0 Å². The topological polar surface area (TPSA) is 58.4 Å². The summed E-state index contributed by atoms with van der Waals surface area (Å²) in [5.41, 5.74) is 10.1. The Bertz CT molecular complexity index is 928. The first-order valence-corrected chi connectivity index (χ1v) is 11.0. The Morgan fingerprint density at radius 1 is 1.21 bits per heavy atom. The molecule has 154 valence electrons. The number of benzene rings is 2. The van der Waals surface area contributed by atoms with Crippen molar-refractivity contribution < 1.29 is 9.18 Å². The standard InChI is InChI=1S/C21H22FN3OS.C2H6/c1-13-19(24-21(23)27-13)15-9-10-18-14(12-15)6-4-5-11-25(18)20(26)16-7-2-3-8-17(16)22;1-2/h2-3,7-10,12,21,24H,4-6,11,23H2,1H3;1-2H3. The fraction of sp³-hybridized carbons (Fsp3) is 0.348. The van der Waals surface area contributed by atoms with Crippen molar-refractivity contribution in [2.24, 2.45) is 5.73 Å². The van der Waals surface area contributed by atoms with Crippen molar-refractivity contribution in [3.63, 3.8) is 0 Å². The van der Waals surface area contributed by atoms with Crippen molar-refractivity contribution in [1.29, 1.82) is 0 Å². The molecule has 2 aliphatic rings. The van der Waals surface area contributed by atoms with Gasteiger partial charge in [0.2, 0.25) is 0 Å². The van der Waals surface area contributed by atoms with E-state index >= 15 is 0 Å². The Morgan fingerprint density at radius 2 is 1.97 bits per heavy atom. The summed E-state index contributed by atoms with van der Waals surface area (Å²) < 4.78 is 14.1. The van der Waals surface area contributed by atoms with Crippen LogP contribution in [0.15, 0.2) is 47.4 Å². The Balaban J connectivity index is 0.00000117. The van der Waals surface area contributed by atoms with E-state index in [1.54, 1.807) is 34.9 Å². The zero-order valence-electron chi connectivity index (χ0n) is 17.2. The van der Waals surface area contributed by atoms with E-state index in [-0.39, 0.29) is 17.0 Å². The largest absolute Gasteiger partial charge is 0.360 e. The average Bonchev–Trinajstić information content (AvgIpc) is 2.94. The summed E-state index contributed by atoms with van der Waals surface area (Å²) >= 11 is 1.61. The third kappa shape index (κ3) is 4.49. The first kappa shape index (κ1) is 21.4. The first-order valence-electron chi connectivity index (χ1n) is 10.1. The minimum absolute atomic E-state index is 0.118. The number of nitrogens with zero attached hydrogens (tertiary/aromatic N) is 1. The summed E-state index contributed by atoms with van der Waals surface area (Å²) in [5, 5.41) is 3.30. The van der Waals surface area contributed by atoms with Gasteiger partial charge in [-0.1, -0.05) is 43.8 Å². The van der Waals surface area contributed by atoms with E-state index in [0.29, 0.717) is 6.54 Å². The van der Waals surface area contributed by atoms with Crippen molar-refractivity contribution in [3.05, 3.63) is 69.9 Å². The molecule has 6 heteroatoms. The Labute approximate surface area is 176 Å². The van der Waals surface area contributed by atoms with E-state index in [0.717, 1.165) is 46.7 Å². The molecule has 2 aromatic carbocycles. The van der Waals surface area contributed by atoms with E-state index in [1.165, 1.54) is 6.07 Å². The number of anilines is 1. The normalized spacial score (nSPS) is 18.4.